The van der Waals surface area contributed by atoms with Gasteiger partial charge in [0.1, 0.15) is 0 Å². The molecule has 0 saturated carbocycles. The van der Waals surface area contributed by atoms with Gasteiger partial charge in [0.25, 0.3) is 0 Å². The smallest absolute Gasteiger partial charge is 0.151 e. The van der Waals surface area contributed by atoms with Crippen LogP contribution in [0.2, 0.25) is 0 Å². The van der Waals surface area contributed by atoms with Gasteiger partial charge in [0.15, 0.2) is 5.82 Å². The van der Waals surface area contributed by atoms with Crippen molar-refractivity contribution >= 4 is 6.72 Å². The summed E-state index contributed by atoms with van der Waals surface area (Å²) in [4.78, 5) is 6.18. The van der Waals surface area contributed by atoms with Gasteiger partial charge in [0, 0.05) is 13.1 Å². The second-order valence-electron chi connectivity index (χ2n) is 4.02. The minimum Gasteiger partial charge on any atom is -0.396 e. The van der Waals surface area contributed by atoms with Crippen molar-refractivity contribution in [3.63, 3.8) is 0 Å². The van der Waals surface area contributed by atoms with Crippen LogP contribution in [0.3, 0.4) is 0 Å². The number of nitrogens with zero attached hydrogens (tertiary/aromatic N) is 2. The van der Waals surface area contributed by atoms with E-state index in [0.717, 1.165) is 24.5 Å². The van der Waals surface area contributed by atoms with Crippen molar-refractivity contribution in [1.82, 2.24) is 4.90 Å². The van der Waals surface area contributed by atoms with E-state index in [1.165, 1.54) is 6.42 Å². The highest BCUT2D eigenvalue weighted by molar-refractivity contribution is 5.35. The third kappa shape index (κ3) is 2.16. The first-order valence-corrected chi connectivity index (χ1v) is 4.93. The summed E-state index contributed by atoms with van der Waals surface area (Å²) >= 11 is 0. The Morgan fingerprint density at radius 1 is 1.57 bits per heavy atom. The lowest BCUT2D eigenvalue weighted by atomic mass is 10.2. The summed E-state index contributed by atoms with van der Waals surface area (Å²) in [5.74, 6) is 1.51. The zero-order valence-electron chi connectivity index (χ0n) is 9.08. The first-order chi connectivity index (χ1) is 6.56. The number of allylic oxidation sites excluding steroid dienone is 1. The fourth-order valence-corrected chi connectivity index (χ4v) is 1.67. The van der Waals surface area contributed by atoms with Crippen molar-refractivity contribution in [3.05, 3.63) is 23.7 Å². The second kappa shape index (κ2) is 4.31. The topological polar surface area (TPSA) is 41.6 Å². The highest BCUT2D eigenvalue weighted by Crippen LogP contribution is 2.22. The van der Waals surface area contributed by atoms with Crippen LogP contribution < -0.4 is 5.73 Å². The summed E-state index contributed by atoms with van der Waals surface area (Å²) < 4.78 is 0. The molecule has 0 aromatic rings. The van der Waals surface area contributed by atoms with Crippen molar-refractivity contribution < 1.29 is 0 Å². The number of nitrogens with two attached hydrogens (primary N) is 1. The molecule has 1 atom stereocenters. The third-order valence-electron chi connectivity index (χ3n) is 2.57. The third-order valence-corrected chi connectivity index (χ3v) is 2.57. The molecule has 0 amide bonds. The molecule has 0 bridgehead atoms. The standard InChI is InChI=1S/C11H19N3/c1-8(2)10(12)11(13-4)14-6-5-9(3)7-14/h9H,1,4-7,12H2,2-3H3/b11-10-. The van der Waals surface area contributed by atoms with Crippen LogP contribution in [0.4, 0.5) is 0 Å². The van der Waals surface area contributed by atoms with Gasteiger partial charge in [0.05, 0.1) is 5.70 Å². The first-order valence-electron chi connectivity index (χ1n) is 4.93. The lowest BCUT2D eigenvalue weighted by molar-refractivity contribution is 0.403. The number of likely N-dealkylation sites (tertiary alicyclic amines) is 1. The molecule has 1 unspecified atom stereocenters. The van der Waals surface area contributed by atoms with E-state index >= 15 is 0 Å². The van der Waals surface area contributed by atoms with Crippen molar-refractivity contribution in [3.8, 4) is 0 Å². The fraction of sp³-hybridized carbons (Fsp3) is 0.545. The number of hydrogen-bond acceptors (Lipinski definition) is 3. The maximum Gasteiger partial charge on any atom is 0.151 e. The Balaban J connectivity index is 2.86. The van der Waals surface area contributed by atoms with Gasteiger partial charge in [-0.15, -0.1) is 0 Å². The minimum absolute atomic E-state index is 0.661. The normalized spacial score (nSPS) is 23.3. The van der Waals surface area contributed by atoms with Crippen molar-refractivity contribution in [2.24, 2.45) is 16.6 Å². The van der Waals surface area contributed by atoms with Crippen LogP contribution in [0.1, 0.15) is 20.3 Å². The Labute approximate surface area is 86.0 Å². The molecule has 1 aliphatic heterocycles. The predicted octanol–water partition coefficient (Wildman–Crippen LogP) is 1.73. The highest BCUT2D eigenvalue weighted by Gasteiger charge is 2.21. The molecule has 0 aromatic carbocycles. The predicted molar refractivity (Wildman–Crippen MR) is 60.9 cm³/mol. The van der Waals surface area contributed by atoms with E-state index in [1.807, 2.05) is 6.92 Å². The van der Waals surface area contributed by atoms with Crippen LogP contribution in [0.5, 0.6) is 0 Å². The van der Waals surface area contributed by atoms with Gasteiger partial charge in [-0.3, -0.25) is 0 Å². The molecule has 3 heteroatoms. The largest absolute Gasteiger partial charge is 0.396 e. The molecular weight excluding hydrogens is 174 g/mol. The van der Waals surface area contributed by atoms with Crippen LogP contribution in [-0.2, 0) is 0 Å². The van der Waals surface area contributed by atoms with E-state index in [-0.39, 0.29) is 0 Å². The van der Waals surface area contributed by atoms with Gasteiger partial charge < -0.3 is 10.6 Å². The summed E-state index contributed by atoms with van der Waals surface area (Å²) in [5, 5.41) is 0. The average molecular weight is 193 g/mol. The Morgan fingerprint density at radius 2 is 2.21 bits per heavy atom. The lowest BCUT2D eigenvalue weighted by Gasteiger charge is -2.20. The molecule has 3 nitrogen and oxygen atoms in total. The van der Waals surface area contributed by atoms with Gasteiger partial charge in [-0.2, -0.15) is 0 Å². The number of rotatable bonds is 3. The van der Waals surface area contributed by atoms with Crippen molar-refractivity contribution in [1.29, 1.82) is 0 Å². The maximum absolute atomic E-state index is 5.90. The van der Waals surface area contributed by atoms with Crippen LogP contribution in [0, 0.1) is 5.92 Å². The Hall–Kier alpha value is -1.25. The van der Waals surface area contributed by atoms with Gasteiger partial charge in [-0.05, 0) is 31.6 Å². The van der Waals surface area contributed by atoms with E-state index in [4.69, 9.17) is 5.73 Å². The molecule has 0 spiro atoms. The molecule has 78 valence electrons. The van der Waals surface area contributed by atoms with Crippen molar-refractivity contribution in [2.45, 2.75) is 20.3 Å². The molecular formula is C11H19N3. The second-order valence-corrected chi connectivity index (χ2v) is 4.02. The van der Waals surface area contributed by atoms with Crippen LogP contribution >= 0.6 is 0 Å². The Bertz CT molecular complexity index is 278. The summed E-state index contributed by atoms with van der Waals surface area (Å²) in [6.07, 6.45) is 1.20. The monoisotopic (exact) mass is 193 g/mol. The van der Waals surface area contributed by atoms with Crippen molar-refractivity contribution in [2.75, 3.05) is 13.1 Å². The Kier molecular flexibility index (Phi) is 3.33. The number of aliphatic imine (C=N–C) groups is 1. The van der Waals surface area contributed by atoms with E-state index in [1.54, 1.807) is 0 Å². The van der Waals surface area contributed by atoms with Crippen LogP contribution in [-0.4, -0.2) is 24.7 Å². The van der Waals surface area contributed by atoms with Crippen LogP contribution in [0.15, 0.2) is 28.7 Å². The molecule has 1 rings (SSSR count). The van der Waals surface area contributed by atoms with E-state index in [2.05, 4.69) is 30.1 Å². The molecule has 0 aliphatic carbocycles. The summed E-state index contributed by atoms with van der Waals surface area (Å²) in [5.41, 5.74) is 7.42. The maximum atomic E-state index is 5.90. The molecule has 1 fully saturated rings. The molecule has 0 aromatic heterocycles. The average Bonchev–Trinajstić information content (AvgIpc) is 2.53. The SMILES string of the molecule is C=N/C(=C(/N)C(=C)C)N1CCC(C)C1. The number of hydrogen-bond donors (Lipinski definition) is 1. The quantitative estimate of drug-likeness (QED) is 0.548. The minimum atomic E-state index is 0.661. The molecule has 0 radical (unpaired) electrons. The molecule has 1 aliphatic rings. The first kappa shape index (κ1) is 10.8. The fourth-order valence-electron chi connectivity index (χ4n) is 1.67. The van der Waals surface area contributed by atoms with E-state index in [0.29, 0.717) is 11.6 Å². The molecule has 14 heavy (non-hydrogen) atoms. The Morgan fingerprint density at radius 3 is 2.57 bits per heavy atom. The lowest BCUT2D eigenvalue weighted by Crippen LogP contribution is -2.22. The van der Waals surface area contributed by atoms with Gasteiger partial charge >= 0.3 is 0 Å². The zero-order chi connectivity index (χ0) is 10.7. The zero-order valence-corrected chi connectivity index (χ0v) is 9.08. The van der Waals surface area contributed by atoms with Gasteiger partial charge in [-0.1, -0.05) is 13.5 Å². The van der Waals surface area contributed by atoms with Gasteiger partial charge in [-0.25, -0.2) is 4.99 Å². The molecule has 1 heterocycles. The van der Waals surface area contributed by atoms with E-state index in [9.17, 15) is 0 Å². The van der Waals surface area contributed by atoms with Gasteiger partial charge in [0.2, 0.25) is 0 Å². The highest BCUT2D eigenvalue weighted by atomic mass is 15.2. The van der Waals surface area contributed by atoms with E-state index < -0.39 is 0 Å². The summed E-state index contributed by atoms with van der Waals surface area (Å²) in [6, 6.07) is 0. The molecule has 2 N–H and O–H groups in total. The molecule has 1 saturated heterocycles. The van der Waals surface area contributed by atoms with Crippen LogP contribution in [0.25, 0.3) is 0 Å². The summed E-state index contributed by atoms with van der Waals surface area (Å²) in [7, 11) is 0. The summed E-state index contributed by atoms with van der Waals surface area (Å²) in [6.45, 7) is 13.5.